The Hall–Kier alpha value is -2.88. The van der Waals surface area contributed by atoms with Crippen LogP contribution in [0.5, 0.6) is 0 Å². The Kier molecular flexibility index (Phi) is 6.97. The summed E-state index contributed by atoms with van der Waals surface area (Å²) in [7, 11) is -4.09. The lowest BCUT2D eigenvalue weighted by Gasteiger charge is -2.27. The fourth-order valence-corrected chi connectivity index (χ4v) is 5.73. The van der Waals surface area contributed by atoms with Gasteiger partial charge < -0.3 is 0 Å². The maximum absolute atomic E-state index is 13.7. The number of sulfonamides is 1. The van der Waals surface area contributed by atoms with E-state index in [2.05, 4.69) is 34.8 Å². The van der Waals surface area contributed by atoms with Crippen molar-refractivity contribution in [2.24, 2.45) is 0 Å². The third-order valence-electron chi connectivity index (χ3n) is 5.77. The Morgan fingerprint density at radius 3 is 2.32 bits per heavy atom. The van der Waals surface area contributed by atoms with E-state index in [0.29, 0.717) is 17.2 Å². The fourth-order valence-electron chi connectivity index (χ4n) is 3.90. The van der Waals surface area contributed by atoms with Gasteiger partial charge in [0.2, 0.25) is 15.9 Å². The largest absolute Gasteiger partial charge is 0.274 e. The summed E-state index contributed by atoms with van der Waals surface area (Å²) in [5.74, 6) is -0.695. The number of hydrogen-bond acceptors (Lipinski definition) is 5. The second-order valence-corrected chi connectivity index (χ2v) is 11.2. The maximum Gasteiger partial charge on any atom is 0.252 e. The van der Waals surface area contributed by atoms with Gasteiger partial charge in [-0.3, -0.25) is 14.6 Å². The van der Waals surface area contributed by atoms with Crippen molar-refractivity contribution in [1.29, 1.82) is 0 Å². The highest BCUT2D eigenvalue weighted by molar-refractivity contribution is 9.10. The van der Waals surface area contributed by atoms with Crippen LogP contribution in [0, 0.1) is 0 Å². The van der Waals surface area contributed by atoms with Gasteiger partial charge in [-0.1, -0.05) is 48.0 Å². The van der Waals surface area contributed by atoms with Crippen LogP contribution in [0.25, 0.3) is 0 Å². The van der Waals surface area contributed by atoms with Gasteiger partial charge in [-0.2, -0.15) is 4.31 Å². The minimum Gasteiger partial charge on any atom is -0.274 e. The van der Waals surface area contributed by atoms with Crippen molar-refractivity contribution < 1.29 is 18.0 Å². The number of anilines is 1. The van der Waals surface area contributed by atoms with Crippen molar-refractivity contribution in [3.8, 4) is 0 Å². The highest BCUT2D eigenvalue weighted by atomic mass is 79.9. The number of aromatic nitrogens is 1. The first-order valence-corrected chi connectivity index (χ1v) is 13.0. The predicted octanol–water partition coefficient (Wildman–Crippen LogP) is 4.49. The molecule has 1 aliphatic heterocycles. The zero-order chi connectivity index (χ0) is 24.5. The van der Waals surface area contributed by atoms with Crippen LogP contribution in [0.1, 0.15) is 37.3 Å². The quantitative estimate of drug-likeness (QED) is 0.411. The van der Waals surface area contributed by atoms with Gasteiger partial charge in [-0.25, -0.2) is 13.3 Å². The van der Waals surface area contributed by atoms with Gasteiger partial charge in [-0.15, -0.1) is 0 Å². The van der Waals surface area contributed by atoms with Crippen molar-refractivity contribution in [3.05, 3.63) is 88.7 Å². The molecule has 0 spiro atoms. The Labute approximate surface area is 207 Å². The summed E-state index contributed by atoms with van der Waals surface area (Å²) < 4.78 is 29.2. The number of imide groups is 1. The van der Waals surface area contributed by atoms with Gasteiger partial charge in [-0.05, 0) is 59.5 Å². The van der Waals surface area contributed by atoms with E-state index in [-0.39, 0.29) is 17.9 Å². The Morgan fingerprint density at radius 1 is 1.06 bits per heavy atom. The molecule has 1 aliphatic rings. The summed E-state index contributed by atoms with van der Waals surface area (Å²) in [6.45, 7) is 4.02. The maximum atomic E-state index is 13.7. The van der Waals surface area contributed by atoms with Gasteiger partial charge in [0.15, 0.2) is 0 Å². The second kappa shape index (κ2) is 9.77. The first-order valence-electron chi connectivity index (χ1n) is 10.8. The third-order valence-corrected chi connectivity index (χ3v) is 8.17. The second-order valence-electron chi connectivity index (χ2n) is 8.40. The molecule has 0 saturated carbocycles. The Bertz CT molecular complexity index is 1290. The summed E-state index contributed by atoms with van der Waals surface area (Å²) in [6, 6.07) is 15.7. The Balaban J connectivity index is 1.72. The molecule has 2 amide bonds. The van der Waals surface area contributed by atoms with E-state index in [4.69, 9.17) is 0 Å². The van der Waals surface area contributed by atoms with E-state index in [1.165, 1.54) is 12.1 Å². The van der Waals surface area contributed by atoms with Crippen LogP contribution in [0.2, 0.25) is 0 Å². The van der Waals surface area contributed by atoms with Crippen molar-refractivity contribution in [1.82, 2.24) is 9.29 Å². The highest BCUT2D eigenvalue weighted by Gasteiger charge is 2.47. The molecule has 2 heterocycles. The van der Waals surface area contributed by atoms with Gasteiger partial charge in [0.25, 0.3) is 5.91 Å². The van der Waals surface area contributed by atoms with Crippen LogP contribution in [0.15, 0.2) is 82.4 Å². The summed E-state index contributed by atoms with van der Waals surface area (Å²) in [4.78, 5) is 31.6. The van der Waals surface area contributed by atoms with Crippen molar-refractivity contribution >= 4 is 43.5 Å². The number of benzene rings is 2. The number of carbonyl (C=O) groups excluding carboxylic acids is 2. The molecule has 4 rings (SSSR count). The molecule has 0 radical (unpaired) electrons. The van der Waals surface area contributed by atoms with Crippen LogP contribution in [-0.2, 0) is 26.2 Å². The number of hydrogen-bond donors (Lipinski definition) is 0. The molecule has 3 aromatic rings. The molecule has 0 bridgehead atoms. The fraction of sp³-hybridized carbons (Fsp3) is 0.240. The molecular weight excluding hydrogens is 518 g/mol. The van der Waals surface area contributed by atoms with Crippen LogP contribution in [0.4, 0.5) is 5.69 Å². The number of pyridine rings is 1. The average molecular weight is 542 g/mol. The van der Waals surface area contributed by atoms with E-state index in [1.54, 1.807) is 48.8 Å². The van der Waals surface area contributed by atoms with Crippen LogP contribution in [-0.4, -0.2) is 35.6 Å². The van der Waals surface area contributed by atoms with E-state index in [9.17, 15) is 18.0 Å². The lowest BCUT2D eigenvalue weighted by molar-refractivity contribution is -0.122. The molecule has 1 aromatic heterocycles. The monoisotopic (exact) mass is 541 g/mol. The standard InChI is InChI=1S/C25H24BrN3O4S/c1-17(2)19-5-9-21(10-6-19)29-24(30)14-23(25(29)31)28(16-18-4-3-13-27-15-18)34(32,33)22-11-7-20(26)8-12-22/h3-13,15,17,23H,14,16H2,1-2H3. The summed E-state index contributed by atoms with van der Waals surface area (Å²) in [5.41, 5.74) is 2.13. The topological polar surface area (TPSA) is 87.7 Å². The highest BCUT2D eigenvalue weighted by Crippen LogP contribution is 2.31. The first-order chi connectivity index (χ1) is 16.2. The minimum absolute atomic E-state index is 0.0413. The zero-order valence-corrected chi connectivity index (χ0v) is 21.2. The van der Waals surface area contributed by atoms with E-state index < -0.39 is 27.9 Å². The van der Waals surface area contributed by atoms with E-state index in [1.807, 2.05) is 12.1 Å². The summed E-state index contributed by atoms with van der Waals surface area (Å²) >= 11 is 3.31. The molecule has 7 nitrogen and oxygen atoms in total. The zero-order valence-electron chi connectivity index (χ0n) is 18.8. The lowest BCUT2D eigenvalue weighted by atomic mass is 10.0. The average Bonchev–Trinajstić information content (AvgIpc) is 3.11. The molecule has 0 N–H and O–H groups in total. The summed E-state index contributed by atoms with van der Waals surface area (Å²) in [6.07, 6.45) is 2.90. The van der Waals surface area contributed by atoms with Crippen molar-refractivity contribution in [3.63, 3.8) is 0 Å². The van der Waals surface area contributed by atoms with E-state index in [0.717, 1.165) is 19.2 Å². The molecular formula is C25H24BrN3O4S. The molecule has 2 aromatic carbocycles. The lowest BCUT2D eigenvalue weighted by Crippen LogP contribution is -2.45. The molecule has 34 heavy (non-hydrogen) atoms. The molecule has 9 heteroatoms. The number of rotatable bonds is 7. The molecule has 1 atom stereocenters. The van der Waals surface area contributed by atoms with Gasteiger partial charge in [0, 0.05) is 23.4 Å². The molecule has 1 saturated heterocycles. The molecule has 176 valence electrons. The number of amides is 2. The van der Waals surface area contributed by atoms with Gasteiger partial charge >= 0.3 is 0 Å². The van der Waals surface area contributed by atoms with Crippen LogP contribution < -0.4 is 4.90 Å². The third kappa shape index (κ3) is 4.82. The number of halogens is 1. The predicted molar refractivity (Wildman–Crippen MR) is 133 cm³/mol. The van der Waals surface area contributed by atoms with Crippen LogP contribution in [0.3, 0.4) is 0 Å². The smallest absolute Gasteiger partial charge is 0.252 e. The van der Waals surface area contributed by atoms with Crippen molar-refractivity contribution in [2.45, 2.75) is 43.7 Å². The molecule has 1 unspecified atom stereocenters. The first kappa shape index (κ1) is 24.3. The SMILES string of the molecule is CC(C)c1ccc(N2C(=O)CC(N(Cc3cccnc3)S(=O)(=O)c3ccc(Br)cc3)C2=O)cc1. The van der Waals surface area contributed by atoms with Gasteiger partial charge in [0.05, 0.1) is 17.0 Å². The normalized spacial score (nSPS) is 16.6. The summed E-state index contributed by atoms with van der Waals surface area (Å²) in [5, 5.41) is 0. The van der Waals surface area contributed by atoms with E-state index >= 15 is 0 Å². The number of nitrogens with zero attached hydrogens (tertiary/aromatic N) is 3. The minimum atomic E-state index is -4.09. The molecule has 0 aliphatic carbocycles. The van der Waals surface area contributed by atoms with Crippen molar-refractivity contribution in [2.75, 3.05) is 4.90 Å². The van der Waals surface area contributed by atoms with Gasteiger partial charge in [0.1, 0.15) is 6.04 Å². The van der Waals surface area contributed by atoms with Crippen LogP contribution >= 0.6 is 15.9 Å². The number of carbonyl (C=O) groups is 2. The molecule has 1 fully saturated rings. The Morgan fingerprint density at radius 2 is 1.74 bits per heavy atom.